The smallest absolute Gasteiger partial charge is 0.0995 e. The van der Waals surface area contributed by atoms with Crippen molar-refractivity contribution >= 4 is 0 Å². The molecule has 1 saturated heterocycles. The minimum atomic E-state index is 0.823. The third kappa shape index (κ3) is 3.06. The maximum absolute atomic E-state index is 9.14. The molecule has 3 heteroatoms. The van der Waals surface area contributed by atoms with Crippen LogP contribution in [0.2, 0.25) is 0 Å². The van der Waals surface area contributed by atoms with E-state index in [1.54, 1.807) is 0 Å². The van der Waals surface area contributed by atoms with Crippen LogP contribution < -0.4 is 0 Å². The highest BCUT2D eigenvalue weighted by Crippen LogP contribution is 2.14. The Hall–Kier alpha value is -1.37. The highest BCUT2D eigenvalue weighted by atomic mass is 15.2. The summed E-state index contributed by atoms with van der Waals surface area (Å²) in [4.78, 5) is 4.77. The molecule has 90 valence electrons. The highest BCUT2D eigenvalue weighted by molar-refractivity contribution is 5.40. The third-order valence-corrected chi connectivity index (χ3v) is 3.38. The van der Waals surface area contributed by atoms with E-state index in [0.717, 1.165) is 49.4 Å². The van der Waals surface area contributed by atoms with E-state index in [4.69, 9.17) is 5.26 Å². The van der Waals surface area contributed by atoms with E-state index < -0.39 is 0 Å². The lowest BCUT2D eigenvalue weighted by molar-refractivity contribution is 0.148. The van der Waals surface area contributed by atoms with Gasteiger partial charge in [-0.2, -0.15) is 5.26 Å². The molecule has 0 amide bonds. The zero-order chi connectivity index (χ0) is 12.3. The first-order valence-electron chi connectivity index (χ1n) is 6.09. The SMILES string of the molecule is Cc1ccc(CN2CCN(C)CC2)c(C#N)c1. The van der Waals surface area contributed by atoms with Crippen LogP contribution in [-0.2, 0) is 6.54 Å². The molecular formula is C14H19N3. The molecule has 0 bridgehead atoms. The van der Waals surface area contributed by atoms with Gasteiger partial charge in [0, 0.05) is 32.7 Å². The van der Waals surface area contributed by atoms with E-state index >= 15 is 0 Å². The molecule has 0 N–H and O–H groups in total. The summed E-state index contributed by atoms with van der Waals surface area (Å²) in [5.74, 6) is 0. The number of nitriles is 1. The Balaban J connectivity index is 2.06. The Morgan fingerprint density at radius 1 is 1.24 bits per heavy atom. The van der Waals surface area contributed by atoms with Gasteiger partial charge in [0.2, 0.25) is 0 Å². The first kappa shape index (κ1) is 12.1. The van der Waals surface area contributed by atoms with Gasteiger partial charge in [-0.3, -0.25) is 4.90 Å². The van der Waals surface area contributed by atoms with Gasteiger partial charge in [0.15, 0.2) is 0 Å². The van der Waals surface area contributed by atoms with Gasteiger partial charge >= 0.3 is 0 Å². The Morgan fingerprint density at radius 3 is 2.59 bits per heavy atom. The molecule has 0 aliphatic carbocycles. The standard InChI is InChI=1S/C14H19N3/c1-12-3-4-13(14(9-12)10-15)11-17-7-5-16(2)6-8-17/h3-4,9H,5-8,11H2,1-2H3. The van der Waals surface area contributed by atoms with Crippen LogP contribution in [0.15, 0.2) is 18.2 Å². The number of likely N-dealkylation sites (N-methyl/N-ethyl adjacent to an activating group) is 1. The van der Waals surface area contributed by atoms with Crippen LogP contribution in [0, 0.1) is 18.3 Å². The average molecular weight is 229 g/mol. The zero-order valence-corrected chi connectivity index (χ0v) is 10.6. The lowest BCUT2D eigenvalue weighted by atomic mass is 10.0. The van der Waals surface area contributed by atoms with Crippen molar-refractivity contribution in [3.63, 3.8) is 0 Å². The van der Waals surface area contributed by atoms with Gasteiger partial charge in [0.25, 0.3) is 0 Å². The monoisotopic (exact) mass is 229 g/mol. The Labute approximate surface area is 103 Å². The molecule has 0 radical (unpaired) electrons. The first-order valence-corrected chi connectivity index (χ1v) is 6.09. The molecule has 2 rings (SSSR count). The van der Waals surface area contributed by atoms with Crippen LogP contribution in [-0.4, -0.2) is 43.0 Å². The van der Waals surface area contributed by atoms with Crippen molar-refractivity contribution in [1.29, 1.82) is 5.26 Å². The minimum Gasteiger partial charge on any atom is -0.304 e. The fraction of sp³-hybridized carbons (Fsp3) is 0.500. The van der Waals surface area contributed by atoms with Gasteiger partial charge in [-0.1, -0.05) is 12.1 Å². The summed E-state index contributed by atoms with van der Waals surface area (Å²) in [6.07, 6.45) is 0. The molecule has 0 unspecified atom stereocenters. The molecule has 1 aliphatic heterocycles. The van der Waals surface area contributed by atoms with E-state index in [2.05, 4.69) is 35.0 Å². The Bertz CT molecular complexity index is 426. The Kier molecular flexibility index (Phi) is 3.78. The van der Waals surface area contributed by atoms with Gasteiger partial charge in [0.1, 0.15) is 0 Å². The van der Waals surface area contributed by atoms with Crippen molar-refractivity contribution in [2.24, 2.45) is 0 Å². The summed E-state index contributed by atoms with van der Waals surface area (Å²) in [5, 5.41) is 9.14. The van der Waals surface area contributed by atoms with Crippen molar-refractivity contribution in [2.45, 2.75) is 13.5 Å². The van der Waals surface area contributed by atoms with Crippen LogP contribution in [0.1, 0.15) is 16.7 Å². The van der Waals surface area contributed by atoms with Crippen LogP contribution >= 0.6 is 0 Å². The zero-order valence-electron chi connectivity index (χ0n) is 10.6. The molecule has 0 aromatic heterocycles. The normalized spacial score (nSPS) is 17.9. The summed E-state index contributed by atoms with van der Waals surface area (Å²) in [6.45, 7) is 7.35. The van der Waals surface area contributed by atoms with Crippen LogP contribution in [0.4, 0.5) is 0 Å². The molecule has 1 aromatic carbocycles. The lowest BCUT2D eigenvalue weighted by Gasteiger charge is -2.32. The molecular weight excluding hydrogens is 210 g/mol. The van der Waals surface area contributed by atoms with Gasteiger partial charge in [-0.25, -0.2) is 0 Å². The number of rotatable bonds is 2. The number of hydrogen-bond acceptors (Lipinski definition) is 3. The largest absolute Gasteiger partial charge is 0.304 e. The quantitative estimate of drug-likeness (QED) is 0.772. The summed E-state index contributed by atoms with van der Waals surface area (Å²) in [7, 11) is 2.16. The van der Waals surface area contributed by atoms with Gasteiger partial charge in [0.05, 0.1) is 11.6 Å². The van der Waals surface area contributed by atoms with Gasteiger partial charge < -0.3 is 4.90 Å². The van der Waals surface area contributed by atoms with Crippen molar-refractivity contribution in [3.8, 4) is 6.07 Å². The van der Waals surface area contributed by atoms with Gasteiger partial charge in [-0.15, -0.1) is 0 Å². The number of nitrogens with zero attached hydrogens (tertiary/aromatic N) is 3. The third-order valence-electron chi connectivity index (χ3n) is 3.38. The molecule has 3 nitrogen and oxygen atoms in total. The molecule has 1 aliphatic rings. The maximum atomic E-state index is 9.14. The maximum Gasteiger partial charge on any atom is 0.0995 e. The predicted molar refractivity (Wildman–Crippen MR) is 68.7 cm³/mol. The Morgan fingerprint density at radius 2 is 1.94 bits per heavy atom. The average Bonchev–Trinajstić information content (AvgIpc) is 2.34. The van der Waals surface area contributed by atoms with Crippen molar-refractivity contribution in [3.05, 3.63) is 34.9 Å². The summed E-state index contributed by atoms with van der Waals surface area (Å²) in [5.41, 5.74) is 3.13. The number of piperazine rings is 1. The molecule has 0 spiro atoms. The summed E-state index contributed by atoms with van der Waals surface area (Å²) in [6, 6.07) is 8.45. The van der Waals surface area contributed by atoms with E-state index in [9.17, 15) is 0 Å². The second-order valence-corrected chi connectivity index (χ2v) is 4.85. The number of hydrogen-bond donors (Lipinski definition) is 0. The van der Waals surface area contributed by atoms with Crippen LogP contribution in [0.5, 0.6) is 0 Å². The summed E-state index contributed by atoms with van der Waals surface area (Å²) < 4.78 is 0. The number of benzene rings is 1. The highest BCUT2D eigenvalue weighted by Gasteiger charge is 2.15. The molecule has 1 fully saturated rings. The lowest BCUT2D eigenvalue weighted by Crippen LogP contribution is -2.43. The van der Waals surface area contributed by atoms with Crippen molar-refractivity contribution in [1.82, 2.24) is 9.80 Å². The topological polar surface area (TPSA) is 30.3 Å². The van der Waals surface area contributed by atoms with Gasteiger partial charge in [-0.05, 0) is 31.2 Å². The minimum absolute atomic E-state index is 0.823. The molecule has 0 atom stereocenters. The second-order valence-electron chi connectivity index (χ2n) is 4.85. The number of aryl methyl sites for hydroxylation is 1. The fourth-order valence-corrected chi connectivity index (χ4v) is 2.18. The summed E-state index contributed by atoms with van der Waals surface area (Å²) >= 11 is 0. The molecule has 1 aromatic rings. The predicted octanol–water partition coefficient (Wildman–Crippen LogP) is 1.61. The van der Waals surface area contributed by atoms with E-state index in [1.165, 1.54) is 0 Å². The van der Waals surface area contributed by atoms with E-state index in [-0.39, 0.29) is 0 Å². The van der Waals surface area contributed by atoms with E-state index in [1.807, 2.05) is 13.0 Å². The van der Waals surface area contributed by atoms with Crippen molar-refractivity contribution < 1.29 is 0 Å². The van der Waals surface area contributed by atoms with Crippen LogP contribution in [0.3, 0.4) is 0 Å². The molecule has 1 heterocycles. The molecule has 17 heavy (non-hydrogen) atoms. The van der Waals surface area contributed by atoms with Crippen LogP contribution in [0.25, 0.3) is 0 Å². The van der Waals surface area contributed by atoms with E-state index in [0.29, 0.717) is 0 Å². The van der Waals surface area contributed by atoms with Crippen molar-refractivity contribution in [2.75, 3.05) is 33.2 Å². The first-order chi connectivity index (χ1) is 8.19. The fourth-order valence-electron chi connectivity index (χ4n) is 2.18. The second kappa shape index (κ2) is 5.31. The molecule has 0 saturated carbocycles.